The highest BCUT2D eigenvalue weighted by atomic mass is 32.2. The van der Waals surface area contributed by atoms with E-state index in [4.69, 9.17) is 10.5 Å². The molecule has 4 rings (SSSR count). The molecular weight excluding hydrogens is 398 g/mol. The first-order valence-corrected chi connectivity index (χ1v) is 10.5. The second-order valence-corrected chi connectivity index (χ2v) is 7.74. The Morgan fingerprint density at radius 2 is 1.87 bits per heavy atom. The van der Waals surface area contributed by atoms with E-state index in [9.17, 15) is 4.79 Å². The number of carbonyl (C=O) groups is 1. The molecule has 4 aromatic rings. The van der Waals surface area contributed by atoms with Gasteiger partial charge in [0.05, 0.1) is 13.2 Å². The van der Waals surface area contributed by atoms with Crippen molar-refractivity contribution in [2.75, 3.05) is 18.1 Å². The second-order valence-electron chi connectivity index (χ2n) is 6.67. The molecule has 0 atom stereocenters. The van der Waals surface area contributed by atoms with Crippen LogP contribution < -0.4 is 10.5 Å². The fourth-order valence-corrected chi connectivity index (χ4v) is 3.84. The van der Waals surface area contributed by atoms with Gasteiger partial charge in [0, 0.05) is 11.3 Å². The maximum absolute atomic E-state index is 11.4. The summed E-state index contributed by atoms with van der Waals surface area (Å²) in [7, 11) is 0. The standard InChI is InChI=1S/C22H21N5O2S/c1-15(28)17-7-9-18(10-8-17)29-11-12-30-22-26-19-20(23)24-14-25-21(19)27(22)13-16-5-3-2-4-6-16/h2-10,14H,11-13H2,1H3,(H2,23,24,25). The number of hydrogen-bond donors (Lipinski definition) is 1. The normalized spacial score (nSPS) is 11.0. The summed E-state index contributed by atoms with van der Waals surface area (Å²) in [6, 6.07) is 17.3. The largest absolute Gasteiger partial charge is 0.493 e. The van der Waals surface area contributed by atoms with Crippen molar-refractivity contribution in [1.29, 1.82) is 0 Å². The summed E-state index contributed by atoms with van der Waals surface area (Å²) in [6.45, 7) is 2.69. The maximum Gasteiger partial charge on any atom is 0.170 e. The monoisotopic (exact) mass is 419 g/mol. The number of ketones is 1. The summed E-state index contributed by atoms with van der Waals surface area (Å²) in [4.78, 5) is 24.5. The van der Waals surface area contributed by atoms with Crippen molar-refractivity contribution in [3.8, 4) is 5.75 Å². The lowest BCUT2D eigenvalue weighted by molar-refractivity contribution is 0.101. The van der Waals surface area contributed by atoms with E-state index < -0.39 is 0 Å². The number of thioether (sulfide) groups is 1. The number of nitrogen functional groups attached to an aromatic ring is 1. The highest BCUT2D eigenvalue weighted by Gasteiger charge is 2.15. The third-order valence-corrected chi connectivity index (χ3v) is 5.49. The predicted molar refractivity (Wildman–Crippen MR) is 118 cm³/mol. The predicted octanol–water partition coefficient (Wildman–Crippen LogP) is 3.83. The summed E-state index contributed by atoms with van der Waals surface area (Å²) in [6.07, 6.45) is 1.46. The van der Waals surface area contributed by atoms with Gasteiger partial charge in [-0.1, -0.05) is 42.1 Å². The lowest BCUT2D eigenvalue weighted by Crippen LogP contribution is -2.05. The first kappa shape index (κ1) is 19.9. The zero-order chi connectivity index (χ0) is 20.9. The molecule has 0 unspecified atom stereocenters. The third kappa shape index (κ3) is 4.44. The highest BCUT2D eigenvalue weighted by molar-refractivity contribution is 7.99. The van der Waals surface area contributed by atoms with Crippen LogP contribution in [-0.2, 0) is 6.54 Å². The molecule has 0 aliphatic carbocycles. The van der Waals surface area contributed by atoms with Gasteiger partial charge in [0.1, 0.15) is 12.1 Å². The molecule has 8 heteroatoms. The first-order valence-electron chi connectivity index (χ1n) is 9.49. The van der Waals surface area contributed by atoms with Crippen LogP contribution >= 0.6 is 11.8 Å². The van der Waals surface area contributed by atoms with Crippen LogP contribution in [0.1, 0.15) is 22.8 Å². The molecule has 0 fully saturated rings. The van der Waals surface area contributed by atoms with Crippen molar-refractivity contribution in [3.05, 3.63) is 72.1 Å². The van der Waals surface area contributed by atoms with E-state index >= 15 is 0 Å². The molecule has 0 bridgehead atoms. The number of fused-ring (bicyclic) bond motifs is 1. The van der Waals surface area contributed by atoms with Gasteiger partial charge in [0.15, 0.2) is 27.9 Å². The molecular formula is C22H21N5O2S. The van der Waals surface area contributed by atoms with E-state index in [1.165, 1.54) is 6.33 Å². The van der Waals surface area contributed by atoms with Crippen LogP contribution in [0.25, 0.3) is 11.2 Å². The fraction of sp³-hybridized carbons (Fsp3) is 0.182. The van der Waals surface area contributed by atoms with Crippen molar-refractivity contribution in [2.45, 2.75) is 18.6 Å². The number of Topliss-reactive ketones (excluding diaryl/α,β-unsaturated/α-hetero) is 1. The van der Waals surface area contributed by atoms with Crippen LogP contribution in [0, 0.1) is 0 Å². The molecule has 0 aliphatic rings. The quantitative estimate of drug-likeness (QED) is 0.263. The molecule has 2 aromatic heterocycles. The molecule has 0 spiro atoms. The summed E-state index contributed by atoms with van der Waals surface area (Å²) in [5.74, 6) is 1.83. The molecule has 0 saturated heterocycles. The zero-order valence-corrected chi connectivity index (χ0v) is 17.3. The van der Waals surface area contributed by atoms with E-state index in [0.29, 0.717) is 35.8 Å². The summed E-state index contributed by atoms with van der Waals surface area (Å²) in [5, 5.41) is 0.816. The lowest BCUT2D eigenvalue weighted by atomic mass is 10.1. The Labute approximate surface area is 178 Å². The number of nitrogens with zero attached hydrogens (tertiary/aromatic N) is 4. The molecule has 0 aliphatic heterocycles. The van der Waals surface area contributed by atoms with Crippen LogP contribution in [-0.4, -0.2) is 37.7 Å². The first-order chi connectivity index (χ1) is 14.6. The Morgan fingerprint density at radius 3 is 2.60 bits per heavy atom. The fourth-order valence-electron chi connectivity index (χ4n) is 3.03. The van der Waals surface area contributed by atoms with Gasteiger partial charge in [-0.05, 0) is 36.8 Å². The van der Waals surface area contributed by atoms with Gasteiger partial charge in [0.25, 0.3) is 0 Å². The number of anilines is 1. The van der Waals surface area contributed by atoms with Crippen LogP contribution in [0.15, 0.2) is 66.1 Å². The smallest absolute Gasteiger partial charge is 0.170 e. The number of imidazole rings is 1. The number of carbonyl (C=O) groups excluding carboxylic acids is 1. The topological polar surface area (TPSA) is 95.9 Å². The molecule has 7 nitrogen and oxygen atoms in total. The molecule has 2 aromatic carbocycles. The molecule has 2 heterocycles. The zero-order valence-electron chi connectivity index (χ0n) is 16.5. The van der Waals surface area contributed by atoms with Gasteiger partial charge < -0.3 is 10.5 Å². The minimum absolute atomic E-state index is 0.0387. The van der Waals surface area contributed by atoms with Crippen molar-refractivity contribution in [3.63, 3.8) is 0 Å². The van der Waals surface area contributed by atoms with E-state index in [1.807, 2.05) is 30.3 Å². The van der Waals surface area contributed by atoms with Crippen LogP contribution in [0.4, 0.5) is 5.82 Å². The van der Waals surface area contributed by atoms with Gasteiger partial charge in [-0.3, -0.25) is 9.36 Å². The molecule has 2 N–H and O–H groups in total. The highest BCUT2D eigenvalue weighted by Crippen LogP contribution is 2.26. The summed E-state index contributed by atoms with van der Waals surface area (Å²) >= 11 is 1.58. The average Bonchev–Trinajstić information content (AvgIpc) is 3.11. The van der Waals surface area contributed by atoms with E-state index in [2.05, 4.69) is 31.7 Å². The number of rotatable bonds is 8. The minimum atomic E-state index is 0.0387. The maximum atomic E-state index is 11.4. The van der Waals surface area contributed by atoms with Gasteiger partial charge in [-0.25, -0.2) is 15.0 Å². The van der Waals surface area contributed by atoms with Crippen molar-refractivity contribution < 1.29 is 9.53 Å². The Morgan fingerprint density at radius 1 is 1.10 bits per heavy atom. The van der Waals surface area contributed by atoms with Crippen molar-refractivity contribution in [2.24, 2.45) is 0 Å². The van der Waals surface area contributed by atoms with E-state index in [1.54, 1.807) is 30.8 Å². The molecule has 0 radical (unpaired) electrons. The van der Waals surface area contributed by atoms with Gasteiger partial charge in [-0.15, -0.1) is 0 Å². The summed E-state index contributed by atoms with van der Waals surface area (Å²) < 4.78 is 7.85. The number of benzene rings is 2. The Balaban J connectivity index is 1.47. The minimum Gasteiger partial charge on any atom is -0.493 e. The lowest BCUT2D eigenvalue weighted by Gasteiger charge is -2.09. The molecule has 0 amide bonds. The average molecular weight is 420 g/mol. The van der Waals surface area contributed by atoms with E-state index in [0.717, 1.165) is 22.1 Å². The molecule has 0 saturated carbocycles. The Hall–Kier alpha value is -3.39. The van der Waals surface area contributed by atoms with Crippen LogP contribution in [0.2, 0.25) is 0 Å². The Bertz CT molecular complexity index is 1160. The van der Waals surface area contributed by atoms with Gasteiger partial charge in [-0.2, -0.15) is 0 Å². The number of ether oxygens (including phenoxy) is 1. The molecule has 30 heavy (non-hydrogen) atoms. The molecule has 152 valence electrons. The third-order valence-electron chi connectivity index (χ3n) is 4.55. The van der Waals surface area contributed by atoms with Crippen LogP contribution in [0.3, 0.4) is 0 Å². The second kappa shape index (κ2) is 8.96. The SMILES string of the molecule is CC(=O)c1ccc(OCCSc2nc3c(N)ncnc3n2Cc2ccccc2)cc1. The van der Waals surface area contributed by atoms with E-state index in [-0.39, 0.29) is 5.78 Å². The van der Waals surface area contributed by atoms with Gasteiger partial charge in [0.2, 0.25) is 0 Å². The van der Waals surface area contributed by atoms with Crippen LogP contribution in [0.5, 0.6) is 5.75 Å². The summed E-state index contributed by atoms with van der Waals surface area (Å²) in [5.41, 5.74) is 9.16. The van der Waals surface area contributed by atoms with Gasteiger partial charge >= 0.3 is 0 Å². The number of aromatic nitrogens is 4. The number of nitrogens with two attached hydrogens (primary N) is 1. The Kier molecular flexibility index (Phi) is 5.94. The number of hydrogen-bond acceptors (Lipinski definition) is 7. The van der Waals surface area contributed by atoms with Crippen molar-refractivity contribution >= 4 is 34.5 Å². The van der Waals surface area contributed by atoms with Crippen molar-refractivity contribution in [1.82, 2.24) is 19.5 Å².